The van der Waals surface area contributed by atoms with Crippen molar-refractivity contribution in [1.29, 1.82) is 0 Å². The molecule has 5 heteroatoms. The van der Waals surface area contributed by atoms with Crippen LogP contribution in [-0.4, -0.2) is 41.9 Å². The molecule has 15 heavy (non-hydrogen) atoms. The van der Waals surface area contributed by atoms with Crippen molar-refractivity contribution >= 4 is 0 Å². The third kappa shape index (κ3) is 1.99. The topological polar surface area (TPSA) is 23.5 Å². The molecule has 0 aromatic rings. The first-order valence-corrected chi connectivity index (χ1v) is 5.24. The van der Waals surface area contributed by atoms with Crippen LogP contribution in [0.2, 0.25) is 0 Å². The minimum absolute atomic E-state index is 0.117. The summed E-state index contributed by atoms with van der Waals surface area (Å²) in [4.78, 5) is 1.97. The van der Waals surface area contributed by atoms with Gasteiger partial charge in [-0.25, -0.2) is 0 Å². The zero-order chi connectivity index (χ0) is 11.9. The predicted molar refractivity (Wildman–Crippen MR) is 51.5 cm³/mol. The van der Waals surface area contributed by atoms with E-state index in [0.29, 0.717) is 13.1 Å². The number of nitrogens with zero attached hydrogens (tertiary/aromatic N) is 1. The molecule has 0 unspecified atom stereocenters. The number of rotatable bonds is 0. The Morgan fingerprint density at radius 2 is 1.53 bits per heavy atom. The third-order valence-corrected chi connectivity index (χ3v) is 3.07. The number of alkyl halides is 3. The van der Waals surface area contributed by atoms with Gasteiger partial charge < -0.3 is 10.0 Å². The number of aliphatic hydroxyl groups is 1. The van der Waals surface area contributed by atoms with Crippen molar-refractivity contribution in [1.82, 2.24) is 4.90 Å². The first-order valence-electron chi connectivity index (χ1n) is 5.24. The van der Waals surface area contributed by atoms with Gasteiger partial charge in [-0.1, -0.05) is 13.8 Å². The molecule has 0 bridgehead atoms. The van der Waals surface area contributed by atoms with E-state index in [1.54, 1.807) is 0 Å². The lowest BCUT2D eigenvalue weighted by atomic mass is 9.55. The van der Waals surface area contributed by atoms with E-state index in [4.69, 9.17) is 0 Å². The Morgan fingerprint density at radius 3 is 1.80 bits per heavy atom. The molecule has 2 aliphatic rings. The van der Waals surface area contributed by atoms with Crippen LogP contribution in [0.3, 0.4) is 0 Å². The van der Waals surface area contributed by atoms with Crippen LogP contribution in [-0.2, 0) is 0 Å². The van der Waals surface area contributed by atoms with E-state index in [1.165, 1.54) is 0 Å². The van der Waals surface area contributed by atoms with Crippen molar-refractivity contribution in [2.75, 3.05) is 20.1 Å². The van der Waals surface area contributed by atoms with Crippen LogP contribution in [0.5, 0.6) is 0 Å². The lowest BCUT2D eigenvalue weighted by Crippen LogP contribution is -2.70. The van der Waals surface area contributed by atoms with Gasteiger partial charge in [-0.05, 0) is 19.9 Å². The normalized spacial score (nSPS) is 27.4. The van der Waals surface area contributed by atoms with E-state index in [1.807, 2.05) is 25.8 Å². The molecule has 0 amide bonds. The fourth-order valence-electron chi connectivity index (χ4n) is 2.71. The summed E-state index contributed by atoms with van der Waals surface area (Å²) in [6.45, 7) is 5.37. The molecule has 2 fully saturated rings. The molecule has 1 saturated heterocycles. The summed E-state index contributed by atoms with van der Waals surface area (Å²) in [5.41, 5.74) is -2.63. The Hall–Kier alpha value is -0.290. The maximum Gasteiger partial charge on any atom is 0.417 e. The van der Waals surface area contributed by atoms with Crippen molar-refractivity contribution in [3.05, 3.63) is 0 Å². The van der Waals surface area contributed by atoms with Crippen LogP contribution in [0.25, 0.3) is 0 Å². The molecule has 1 aliphatic carbocycles. The predicted octanol–water partition coefficient (Wildman–Crippen LogP) is 2.03. The van der Waals surface area contributed by atoms with Gasteiger partial charge in [0, 0.05) is 18.5 Å². The van der Waals surface area contributed by atoms with E-state index in [0.717, 1.165) is 0 Å². The summed E-state index contributed by atoms with van der Waals surface area (Å²) in [7, 11) is 1.87. The van der Waals surface area contributed by atoms with E-state index in [2.05, 4.69) is 0 Å². The second-order valence-electron chi connectivity index (χ2n) is 4.56. The highest BCUT2D eigenvalue weighted by Gasteiger charge is 2.69. The van der Waals surface area contributed by atoms with Crippen molar-refractivity contribution in [2.45, 2.75) is 38.5 Å². The molecule has 1 spiro atoms. The molecule has 0 atom stereocenters. The molecular formula is C10H18F3NO. The number of hydrogen-bond donors (Lipinski definition) is 1. The number of hydrogen-bond acceptors (Lipinski definition) is 2. The molecule has 2 nitrogen and oxygen atoms in total. The largest absolute Gasteiger partial charge is 0.417 e. The summed E-state index contributed by atoms with van der Waals surface area (Å²) in [5.74, 6) is 0. The molecular weight excluding hydrogens is 207 g/mol. The maximum atomic E-state index is 12.2. The van der Waals surface area contributed by atoms with E-state index in [-0.39, 0.29) is 18.3 Å². The monoisotopic (exact) mass is 225 g/mol. The number of likely N-dealkylation sites (tertiary alicyclic amines) is 1. The zero-order valence-corrected chi connectivity index (χ0v) is 9.36. The van der Waals surface area contributed by atoms with Gasteiger partial charge in [0.15, 0.2) is 5.60 Å². The molecule has 1 saturated carbocycles. The Kier molecular flexibility index (Phi) is 3.09. The van der Waals surface area contributed by atoms with E-state index in [9.17, 15) is 18.3 Å². The lowest BCUT2D eigenvalue weighted by Gasteiger charge is -2.61. The second kappa shape index (κ2) is 3.63. The highest BCUT2D eigenvalue weighted by atomic mass is 19.4. The standard InChI is InChI=1S/C8H12F3NO.C2H6/c1-12-4-6(5-12)2-7(13,3-6)8(9,10)11;1-2/h13H,2-5H2,1H3;1-2H3. The first kappa shape index (κ1) is 12.8. The lowest BCUT2D eigenvalue weighted by molar-refractivity contribution is -0.330. The highest BCUT2D eigenvalue weighted by Crippen LogP contribution is 2.59. The summed E-state index contributed by atoms with van der Waals surface area (Å²) in [6, 6.07) is 0. The van der Waals surface area contributed by atoms with Gasteiger partial charge in [-0.15, -0.1) is 0 Å². The smallest absolute Gasteiger partial charge is 0.380 e. The third-order valence-electron chi connectivity index (χ3n) is 3.07. The van der Waals surface area contributed by atoms with Crippen LogP contribution in [0.15, 0.2) is 0 Å². The molecule has 90 valence electrons. The van der Waals surface area contributed by atoms with Gasteiger partial charge in [0.05, 0.1) is 0 Å². The average Bonchev–Trinajstić information content (AvgIpc) is 2.00. The SMILES string of the molecule is CC.CN1CC2(C1)CC(O)(C(F)(F)F)C2. The Balaban J connectivity index is 0.000000531. The van der Waals surface area contributed by atoms with Crippen LogP contribution >= 0.6 is 0 Å². The fraction of sp³-hybridized carbons (Fsp3) is 1.00. The molecule has 1 N–H and O–H groups in total. The van der Waals surface area contributed by atoms with E-state index < -0.39 is 11.8 Å². The minimum atomic E-state index is -4.45. The molecule has 0 radical (unpaired) electrons. The highest BCUT2D eigenvalue weighted by molar-refractivity contribution is 5.13. The molecule has 0 aromatic carbocycles. The minimum Gasteiger partial charge on any atom is -0.380 e. The second-order valence-corrected chi connectivity index (χ2v) is 4.56. The van der Waals surface area contributed by atoms with Gasteiger partial charge in [-0.2, -0.15) is 13.2 Å². The average molecular weight is 225 g/mol. The summed E-state index contributed by atoms with van der Waals surface area (Å²) < 4.78 is 36.7. The maximum absolute atomic E-state index is 12.2. The van der Waals surface area contributed by atoms with Crippen molar-refractivity contribution in [3.8, 4) is 0 Å². The van der Waals surface area contributed by atoms with Gasteiger partial charge in [-0.3, -0.25) is 0 Å². The fourth-order valence-corrected chi connectivity index (χ4v) is 2.71. The van der Waals surface area contributed by atoms with Gasteiger partial charge in [0.1, 0.15) is 0 Å². The van der Waals surface area contributed by atoms with Crippen molar-refractivity contribution in [3.63, 3.8) is 0 Å². The Labute approximate surface area is 88.1 Å². The molecule has 2 rings (SSSR count). The van der Waals surface area contributed by atoms with Crippen molar-refractivity contribution in [2.24, 2.45) is 5.41 Å². The quantitative estimate of drug-likeness (QED) is 0.682. The van der Waals surface area contributed by atoms with Crippen LogP contribution in [0.1, 0.15) is 26.7 Å². The summed E-state index contributed by atoms with van der Waals surface area (Å²) in [5, 5.41) is 9.19. The number of halogens is 3. The molecule has 0 aromatic heterocycles. The zero-order valence-electron chi connectivity index (χ0n) is 9.36. The Morgan fingerprint density at radius 1 is 1.13 bits per heavy atom. The van der Waals surface area contributed by atoms with Gasteiger partial charge >= 0.3 is 6.18 Å². The molecule has 1 aliphatic heterocycles. The first-order chi connectivity index (χ1) is 6.77. The van der Waals surface area contributed by atoms with Gasteiger partial charge in [0.25, 0.3) is 0 Å². The summed E-state index contributed by atoms with van der Waals surface area (Å²) in [6.07, 6.45) is -4.69. The van der Waals surface area contributed by atoms with E-state index >= 15 is 0 Å². The van der Waals surface area contributed by atoms with Crippen LogP contribution in [0.4, 0.5) is 13.2 Å². The van der Waals surface area contributed by atoms with Crippen LogP contribution < -0.4 is 0 Å². The Bertz CT molecular complexity index is 225. The molecule has 1 heterocycles. The van der Waals surface area contributed by atoms with Gasteiger partial charge in [0.2, 0.25) is 0 Å². The van der Waals surface area contributed by atoms with Crippen molar-refractivity contribution < 1.29 is 18.3 Å². The van der Waals surface area contributed by atoms with Crippen LogP contribution in [0, 0.1) is 5.41 Å². The summed E-state index contributed by atoms with van der Waals surface area (Å²) >= 11 is 0.